The van der Waals surface area contributed by atoms with Crippen molar-refractivity contribution >= 4 is 27.2 Å². The predicted octanol–water partition coefficient (Wildman–Crippen LogP) is 3.27. The topological polar surface area (TPSA) is 17.1 Å². The quantitative estimate of drug-likeness (QED) is 0.522. The number of benzene rings is 1. The number of fused-ring (bicyclic) bond motifs is 1. The fourth-order valence-corrected chi connectivity index (χ4v) is 2.22. The number of thiophene rings is 1. The maximum atomic E-state index is 11.4. The summed E-state index contributed by atoms with van der Waals surface area (Å²) in [6.07, 6.45) is 1.36. The number of ketones is 1. The first-order valence-corrected chi connectivity index (χ1v) is 4.84. The van der Waals surface area contributed by atoms with E-state index < -0.39 is 0 Å². The van der Waals surface area contributed by atoms with Gasteiger partial charge in [0.05, 0.1) is 0 Å². The van der Waals surface area contributed by atoms with E-state index in [1.807, 2.05) is 29.6 Å². The van der Waals surface area contributed by atoms with E-state index in [1.54, 1.807) is 11.3 Å². The fourth-order valence-electron chi connectivity index (χ4n) is 1.30. The molecule has 0 fully saturated rings. The van der Waals surface area contributed by atoms with E-state index in [-0.39, 0.29) is 5.78 Å². The summed E-state index contributed by atoms with van der Waals surface area (Å²) in [6, 6.07) is 7.75. The lowest BCUT2D eigenvalue weighted by atomic mass is 10.1. The highest BCUT2D eigenvalue weighted by Gasteiger charge is 2.06. The number of allylic oxidation sites excluding steroid dienone is 1. The van der Waals surface area contributed by atoms with Crippen molar-refractivity contribution in [2.45, 2.75) is 0 Å². The molecule has 0 bridgehead atoms. The molecule has 0 amide bonds. The minimum Gasteiger partial charge on any atom is -0.289 e. The molecule has 0 aliphatic heterocycles. The van der Waals surface area contributed by atoms with Crippen LogP contribution in [-0.4, -0.2) is 5.78 Å². The number of carbonyl (C=O) groups excluding carboxylic acids is 1. The van der Waals surface area contributed by atoms with Crippen LogP contribution in [0, 0.1) is 0 Å². The second-order valence-electron chi connectivity index (χ2n) is 2.71. The molecule has 0 unspecified atom stereocenters. The molecule has 1 nitrogen and oxygen atoms in total. The molecule has 1 aromatic carbocycles. The van der Waals surface area contributed by atoms with Gasteiger partial charge >= 0.3 is 0 Å². The second-order valence-corrected chi connectivity index (χ2v) is 3.63. The summed E-state index contributed by atoms with van der Waals surface area (Å²) < 4.78 is 1.05. The van der Waals surface area contributed by atoms with Crippen LogP contribution >= 0.6 is 11.3 Å². The third-order valence-electron chi connectivity index (χ3n) is 1.93. The average Bonchev–Trinajstić information content (AvgIpc) is 2.63. The van der Waals surface area contributed by atoms with Gasteiger partial charge in [-0.25, -0.2) is 0 Å². The summed E-state index contributed by atoms with van der Waals surface area (Å²) in [5, 5.41) is 3.11. The van der Waals surface area contributed by atoms with E-state index >= 15 is 0 Å². The van der Waals surface area contributed by atoms with Crippen molar-refractivity contribution in [1.82, 2.24) is 0 Å². The fraction of sp³-hybridized carbons (Fsp3) is 0. The Morgan fingerprint density at radius 2 is 2.23 bits per heavy atom. The van der Waals surface area contributed by atoms with Gasteiger partial charge in [-0.1, -0.05) is 18.7 Å². The van der Waals surface area contributed by atoms with Crippen LogP contribution in [0.1, 0.15) is 10.4 Å². The zero-order valence-electron chi connectivity index (χ0n) is 6.99. The number of hydrogen-bond donors (Lipinski definition) is 0. The third kappa shape index (κ3) is 1.29. The van der Waals surface area contributed by atoms with Crippen molar-refractivity contribution in [3.05, 3.63) is 47.9 Å². The van der Waals surface area contributed by atoms with Crippen molar-refractivity contribution in [3.8, 4) is 0 Å². The molecule has 2 heteroatoms. The van der Waals surface area contributed by atoms with Crippen LogP contribution in [-0.2, 0) is 0 Å². The maximum Gasteiger partial charge on any atom is 0.186 e. The Kier molecular flexibility index (Phi) is 1.99. The largest absolute Gasteiger partial charge is 0.289 e. The van der Waals surface area contributed by atoms with Gasteiger partial charge in [-0.15, -0.1) is 11.3 Å². The first-order chi connectivity index (χ1) is 6.33. The van der Waals surface area contributed by atoms with Gasteiger partial charge in [0.25, 0.3) is 0 Å². The highest BCUT2D eigenvalue weighted by atomic mass is 32.1. The molecule has 0 atom stereocenters. The summed E-state index contributed by atoms with van der Waals surface area (Å²) in [4.78, 5) is 11.4. The lowest BCUT2D eigenvalue weighted by Gasteiger charge is -1.96. The lowest BCUT2D eigenvalue weighted by Crippen LogP contribution is -1.92. The monoisotopic (exact) mass is 188 g/mol. The molecule has 0 radical (unpaired) electrons. The van der Waals surface area contributed by atoms with Gasteiger partial charge in [-0.2, -0.15) is 0 Å². The van der Waals surface area contributed by atoms with Crippen LogP contribution in [0.25, 0.3) is 10.1 Å². The minimum absolute atomic E-state index is 0.00644. The molecule has 0 N–H and O–H groups in total. The second kappa shape index (κ2) is 3.15. The molecule has 13 heavy (non-hydrogen) atoms. The van der Waals surface area contributed by atoms with Crippen LogP contribution in [0.5, 0.6) is 0 Å². The van der Waals surface area contributed by atoms with Crippen LogP contribution in [0.3, 0.4) is 0 Å². The summed E-state index contributed by atoms with van der Waals surface area (Å²) in [5.74, 6) is -0.00644. The SMILES string of the molecule is C=CC(=O)c1cccc2ccsc12. The van der Waals surface area contributed by atoms with E-state index in [4.69, 9.17) is 0 Å². The summed E-state index contributed by atoms with van der Waals surface area (Å²) in [5.41, 5.74) is 0.752. The van der Waals surface area contributed by atoms with Gasteiger partial charge in [0, 0.05) is 10.3 Å². The van der Waals surface area contributed by atoms with E-state index in [0.29, 0.717) is 0 Å². The van der Waals surface area contributed by atoms with E-state index in [0.717, 1.165) is 15.6 Å². The van der Waals surface area contributed by atoms with Gasteiger partial charge in [-0.3, -0.25) is 4.79 Å². The Morgan fingerprint density at radius 1 is 1.38 bits per heavy atom. The molecule has 0 spiro atoms. The van der Waals surface area contributed by atoms with E-state index in [1.165, 1.54) is 6.08 Å². The molecule has 0 saturated heterocycles. The van der Waals surface area contributed by atoms with E-state index in [9.17, 15) is 4.79 Å². The minimum atomic E-state index is -0.00644. The smallest absolute Gasteiger partial charge is 0.186 e. The molecular weight excluding hydrogens is 180 g/mol. The Bertz CT molecular complexity index is 468. The number of carbonyl (C=O) groups is 1. The Labute approximate surface area is 80.3 Å². The Hall–Kier alpha value is -1.41. The van der Waals surface area contributed by atoms with Crippen LogP contribution < -0.4 is 0 Å². The molecule has 1 aromatic heterocycles. The molecule has 1 heterocycles. The highest BCUT2D eigenvalue weighted by Crippen LogP contribution is 2.24. The van der Waals surface area contributed by atoms with Crippen molar-refractivity contribution < 1.29 is 4.79 Å². The Balaban J connectivity index is 2.74. The summed E-state index contributed by atoms with van der Waals surface area (Å²) in [6.45, 7) is 3.48. The molecule has 2 rings (SSSR count). The third-order valence-corrected chi connectivity index (χ3v) is 2.89. The van der Waals surface area contributed by atoms with Crippen molar-refractivity contribution in [3.63, 3.8) is 0 Å². The van der Waals surface area contributed by atoms with Gasteiger partial charge < -0.3 is 0 Å². The molecule has 0 aliphatic rings. The van der Waals surface area contributed by atoms with Gasteiger partial charge in [-0.05, 0) is 29.0 Å². The molecule has 0 aliphatic carbocycles. The number of rotatable bonds is 2. The average molecular weight is 188 g/mol. The molecule has 0 saturated carbocycles. The summed E-state index contributed by atoms with van der Waals surface area (Å²) in [7, 11) is 0. The van der Waals surface area contributed by atoms with Gasteiger partial charge in [0.1, 0.15) is 0 Å². The zero-order valence-corrected chi connectivity index (χ0v) is 7.80. The zero-order chi connectivity index (χ0) is 9.26. The maximum absolute atomic E-state index is 11.4. The van der Waals surface area contributed by atoms with Crippen molar-refractivity contribution in [2.75, 3.05) is 0 Å². The number of hydrogen-bond acceptors (Lipinski definition) is 2. The van der Waals surface area contributed by atoms with E-state index in [2.05, 4.69) is 6.58 Å². The predicted molar refractivity (Wildman–Crippen MR) is 56.4 cm³/mol. The lowest BCUT2D eigenvalue weighted by molar-refractivity contribution is 0.104. The van der Waals surface area contributed by atoms with Crippen molar-refractivity contribution in [1.29, 1.82) is 0 Å². The summed E-state index contributed by atoms with van der Waals surface area (Å²) >= 11 is 1.59. The van der Waals surface area contributed by atoms with Crippen LogP contribution in [0.15, 0.2) is 42.3 Å². The molecule has 2 aromatic rings. The van der Waals surface area contributed by atoms with Gasteiger partial charge in [0.2, 0.25) is 0 Å². The first kappa shape index (κ1) is 8.20. The first-order valence-electron chi connectivity index (χ1n) is 3.96. The molecular formula is C11H8OS. The Morgan fingerprint density at radius 3 is 3.00 bits per heavy atom. The molecule has 64 valence electrons. The van der Waals surface area contributed by atoms with Gasteiger partial charge in [0.15, 0.2) is 5.78 Å². The van der Waals surface area contributed by atoms with Crippen molar-refractivity contribution in [2.24, 2.45) is 0 Å². The van der Waals surface area contributed by atoms with Crippen LogP contribution in [0.4, 0.5) is 0 Å². The standard InChI is InChI=1S/C11H8OS/c1-2-10(12)9-5-3-4-8-6-7-13-11(8)9/h2-7H,1H2. The van der Waals surface area contributed by atoms with Crippen LogP contribution in [0.2, 0.25) is 0 Å². The normalized spacial score (nSPS) is 10.2. The highest BCUT2D eigenvalue weighted by molar-refractivity contribution is 7.17.